The van der Waals surface area contributed by atoms with Crippen molar-refractivity contribution in [1.82, 2.24) is 10.2 Å². The summed E-state index contributed by atoms with van der Waals surface area (Å²) in [4.78, 5) is 38.7. The van der Waals surface area contributed by atoms with Crippen molar-refractivity contribution in [2.75, 3.05) is 13.2 Å². The Bertz CT molecular complexity index is 1130. The maximum absolute atomic E-state index is 13.0. The molecule has 0 aliphatic carbocycles. The van der Waals surface area contributed by atoms with Crippen LogP contribution in [0.2, 0.25) is 10.0 Å². The Morgan fingerprint density at radius 2 is 1.82 bits per heavy atom. The fourth-order valence-corrected chi connectivity index (χ4v) is 3.63. The van der Waals surface area contributed by atoms with Gasteiger partial charge in [-0.3, -0.25) is 19.8 Å². The molecule has 2 aromatic carbocycles. The maximum atomic E-state index is 13.0. The zero-order valence-corrected chi connectivity index (χ0v) is 19.5. The minimum absolute atomic E-state index is 0.0419. The smallest absolute Gasteiger partial charge is 0.331 e. The van der Waals surface area contributed by atoms with Gasteiger partial charge in [0.15, 0.2) is 11.5 Å². The largest absolute Gasteiger partial charge is 0.506 e. The van der Waals surface area contributed by atoms with Gasteiger partial charge in [0.2, 0.25) is 0 Å². The molecule has 174 valence electrons. The average molecular weight is 493 g/mol. The predicted octanol–water partition coefficient (Wildman–Crippen LogP) is 4.55. The number of aromatic hydroxyl groups is 1. The monoisotopic (exact) mass is 492 g/mol. The average Bonchev–Trinajstić information content (AvgIpc) is 2.77. The number of ether oxygens (including phenoxy) is 2. The molecule has 0 saturated carbocycles. The lowest BCUT2D eigenvalue weighted by Gasteiger charge is -2.26. The van der Waals surface area contributed by atoms with Gasteiger partial charge in [-0.15, -0.1) is 0 Å². The van der Waals surface area contributed by atoms with E-state index >= 15 is 0 Å². The third-order valence-electron chi connectivity index (χ3n) is 4.65. The highest BCUT2D eigenvalue weighted by Crippen LogP contribution is 2.33. The summed E-state index contributed by atoms with van der Waals surface area (Å²) >= 11 is 11.9. The van der Waals surface area contributed by atoms with Gasteiger partial charge in [0.25, 0.3) is 11.8 Å². The van der Waals surface area contributed by atoms with Crippen LogP contribution in [0.3, 0.4) is 0 Å². The Labute approximate surface area is 200 Å². The number of halogens is 2. The molecule has 1 fully saturated rings. The first-order valence-electron chi connectivity index (χ1n) is 10.2. The number of imide groups is 2. The SMILES string of the molecule is CCCOc1ccc(CN2C(=O)NC(=O)/C(=C\c3cc(Cl)cc(Cl)c3O)C2=O)cc1OCC. The summed E-state index contributed by atoms with van der Waals surface area (Å²) < 4.78 is 11.3. The Morgan fingerprint density at radius 3 is 2.52 bits per heavy atom. The summed E-state index contributed by atoms with van der Waals surface area (Å²) in [7, 11) is 0. The zero-order chi connectivity index (χ0) is 24.1. The van der Waals surface area contributed by atoms with E-state index in [1.54, 1.807) is 18.2 Å². The number of urea groups is 1. The first-order valence-corrected chi connectivity index (χ1v) is 11.0. The summed E-state index contributed by atoms with van der Waals surface area (Å²) in [5.41, 5.74) is 0.306. The van der Waals surface area contributed by atoms with Crippen LogP contribution in [0, 0.1) is 0 Å². The number of phenolic OH excluding ortho intramolecular Hbond substituents is 1. The van der Waals surface area contributed by atoms with E-state index in [-0.39, 0.29) is 33.5 Å². The number of barbiturate groups is 1. The molecule has 0 radical (unpaired) electrons. The lowest BCUT2D eigenvalue weighted by atomic mass is 10.1. The molecule has 1 saturated heterocycles. The second-order valence-corrected chi connectivity index (χ2v) is 7.94. The number of nitrogens with zero attached hydrogens (tertiary/aromatic N) is 1. The molecule has 4 amide bonds. The van der Waals surface area contributed by atoms with Crippen LogP contribution in [0.25, 0.3) is 6.08 Å². The first-order chi connectivity index (χ1) is 15.7. The number of carbonyl (C=O) groups is 3. The number of hydrogen-bond donors (Lipinski definition) is 2. The second kappa shape index (κ2) is 10.6. The van der Waals surface area contributed by atoms with E-state index < -0.39 is 17.8 Å². The van der Waals surface area contributed by atoms with Gasteiger partial charge in [0.05, 0.1) is 24.8 Å². The predicted molar refractivity (Wildman–Crippen MR) is 124 cm³/mol. The molecular formula is C23H22Cl2N2O6. The molecular weight excluding hydrogens is 471 g/mol. The summed E-state index contributed by atoms with van der Waals surface area (Å²) in [6.45, 7) is 4.62. The standard InChI is InChI=1S/C23H22Cl2N2O6/c1-3-7-33-18-6-5-13(8-19(18)32-4-2)12-27-22(30)16(21(29)26-23(27)31)10-14-9-15(24)11-17(25)20(14)28/h5-6,8-11,28H,3-4,7,12H2,1-2H3,(H,26,29,31)/b16-10+. The molecule has 0 bridgehead atoms. The molecule has 1 aliphatic rings. The minimum Gasteiger partial charge on any atom is -0.506 e. The van der Waals surface area contributed by atoms with Crippen molar-refractivity contribution >= 4 is 47.1 Å². The molecule has 8 nitrogen and oxygen atoms in total. The highest BCUT2D eigenvalue weighted by molar-refractivity contribution is 6.36. The Balaban J connectivity index is 1.91. The van der Waals surface area contributed by atoms with Crippen molar-refractivity contribution in [3.05, 3.63) is 57.1 Å². The van der Waals surface area contributed by atoms with Crippen LogP contribution in [0.5, 0.6) is 17.2 Å². The van der Waals surface area contributed by atoms with E-state index in [0.29, 0.717) is 30.3 Å². The van der Waals surface area contributed by atoms with Crippen LogP contribution < -0.4 is 14.8 Å². The van der Waals surface area contributed by atoms with E-state index in [1.807, 2.05) is 13.8 Å². The van der Waals surface area contributed by atoms with Gasteiger partial charge in [0.1, 0.15) is 11.3 Å². The molecule has 0 atom stereocenters. The minimum atomic E-state index is -0.893. The van der Waals surface area contributed by atoms with E-state index in [4.69, 9.17) is 32.7 Å². The summed E-state index contributed by atoms with van der Waals surface area (Å²) in [6.07, 6.45) is 1.96. The number of benzene rings is 2. The van der Waals surface area contributed by atoms with Gasteiger partial charge in [-0.05, 0) is 49.2 Å². The van der Waals surface area contributed by atoms with Gasteiger partial charge in [-0.2, -0.15) is 0 Å². The third kappa shape index (κ3) is 5.58. The van der Waals surface area contributed by atoms with Gasteiger partial charge in [-0.1, -0.05) is 36.2 Å². The lowest BCUT2D eigenvalue weighted by molar-refractivity contribution is -0.130. The fraction of sp³-hybridized carbons (Fsp3) is 0.261. The van der Waals surface area contributed by atoms with Crippen molar-refractivity contribution < 1.29 is 29.0 Å². The first kappa shape index (κ1) is 24.4. The number of rotatable bonds is 8. The topological polar surface area (TPSA) is 105 Å². The molecule has 1 aliphatic heterocycles. The summed E-state index contributed by atoms with van der Waals surface area (Å²) in [5.74, 6) is -1.03. The molecule has 0 unspecified atom stereocenters. The maximum Gasteiger partial charge on any atom is 0.331 e. The fourth-order valence-electron chi connectivity index (χ4n) is 3.12. The Hall–Kier alpha value is -3.23. The van der Waals surface area contributed by atoms with Crippen LogP contribution in [0.1, 0.15) is 31.4 Å². The van der Waals surface area contributed by atoms with Crippen LogP contribution in [0.15, 0.2) is 35.9 Å². The quantitative estimate of drug-likeness (QED) is 0.413. The van der Waals surface area contributed by atoms with Crippen LogP contribution in [0.4, 0.5) is 4.79 Å². The van der Waals surface area contributed by atoms with Crippen molar-refractivity contribution in [3.8, 4) is 17.2 Å². The van der Waals surface area contributed by atoms with E-state index in [1.165, 1.54) is 12.1 Å². The van der Waals surface area contributed by atoms with Gasteiger partial charge >= 0.3 is 6.03 Å². The van der Waals surface area contributed by atoms with E-state index in [0.717, 1.165) is 17.4 Å². The summed E-state index contributed by atoms with van der Waals surface area (Å²) in [6, 6.07) is 6.90. The number of nitrogens with one attached hydrogen (secondary N) is 1. The van der Waals surface area contributed by atoms with Crippen molar-refractivity contribution in [1.29, 1.82) is 0 Å². The van der Waals surface area contributed by atoms with Crippen molar-refractivity contribution in [3.63, 3.8) is 0 Å². The Morgan fingerprint density at radius 1 is 1.06 bits per heavy atom. The molecule has 2 aromatic rings. The van der Waals surface area contributed by atoms with E-state index in [9.17, 15) is 19.5 Å². The zero-order valence-electron chi connectivity index (χ0n) is 18.0. The van der Waals surface area contributed by atoms with Crippen LogP contribution in [-0.4, -0.2) is 41.1 Å². The molecule has 0 spiro atoms. The summed E-state index contributed by atoms with van der Waals surface area (Å²) in [5, 5.41) is 12.5. The lowest BCUT2D eigenvalue weighted by Crippen LogP contribution is -2.53. The second-order valence-electron chi connectivity index (χ2n) is 7.10. The number of amides is 4. The highest BCUT2D eigenvalue weighted by atomic mass is 35.5. The van der Waals surface area contributed by atoms with Crippen LogP contribution >= 0.6 is 23.2 Å². The van der Waals surface area contributed by atoms with Gasteiger partial charge in [-0.25, -0.2) is 4.79 Å². The van der Waals surface area contributed by atoms with Gasteiger partial charge in [0, 0.05) is 10.6 Å². The molecule has 10 heteroatoms. The Kier molecular flexibility index (Phi) is 7.84. The number of carbonyl (C=O) groups excluding carboxylic acids is 3. The molecule has 2 N–H and O–H groups in total. The third-order valence-corrected chi connectivity index (χ3v) is 5.16. The molecule has 3 rings (SSSR count). The van der Waals surface area contributed by atoms with Gasteiger partial charge < -0.3 is 14.6 Å². The van der Waals surface area contributed by atoms with Crippen molar-refractivity contribution in [2.24, 2.45) is 0 Å². The molecule has 0 aromatic heterocycles. The number of hydrogen-bond acceptors (Lipinski definition) is 6. The van der Waals surface area contributed by atoms with Crippen LogP contribution in [-0.2, 0) is 16.1 Å². The van der Waals surface area contributed by atoms with E-state index in [2.05, 4.69) is 5.32 Å². The molecule has 1 heterocycles. The normalized spacial score (nSPS) is 15.1. The number of phenols is 1. The van der Waals surface area contributed by atoms with Crippen molar-refractivity contribution in [2.45, 2.75) is 26.8 Å². The highest BCUT2D eigenvalue weighted by Gasteiger charge is 2.36. The molecule has 33 heavy (non-hydrogen) atoms.